The fourth-order valence-electron chi connectivity index (χ4n) is 3.32. The van der Waals surface area contributed by atoms with Crippen molar-refractivity contribution in [3.05, 3.63) is 45.7 Å². The zero-order valence-corrected chi connectivity index (χ0v) is 19.1. The first-order chi connectivity index (χ1) is 13.4. The Balaban J connectivity index is 0.00000225. The summed E-state index contributed by atoms with van der Waals surface area (Å²) >= 11 is 6.18. The summed E-state index contributed by atoms with van der Waals surface area (Å²) in [6.07, 6.45) is -0.774. The molecule has 2 aromatic rings. The number of rotatable bonds is 7. The molecule has 8 nitrogen and oxygen atoms in total. The van der Waals surface area contributed by atoms with Crippen molar-refractivity contribution in [2.24, 2.45) is 0 Å². The molecule has 11 heteroatoms. The van der Waals surface area contributed by atoms with Gasteiger partial charge in [0.05, 0.1) is 0 Å². The highest BCUT2D eigenvalue weighted by Gasteiger charge is 2.36. The summed E-state index contributed by atoms with van der Waals surface area (Å²) in [6, 6.07) is 7.53. The van der Waals surface area contributed by atoms with Gasteiger partial charge in [-0.05, 0) is 7.05 Å². The van der Waals surface area contributed by atoms with Crippen LogP contribution in [0.15, 0.2) is 39.6 Å². The van der Waals surface area contributed by atoms with Crippen molar-refractivity contribution in [2.75, 3.05) is 46.9 Å². The van der Waals surface area contributed by atoms with Crippen molar-refractivity contribution in [3.63, 3.8) is 0 Å². The molecule has 0 spiro atoms. The van der Waals surface area contributed by atoms with Crippen molar-refractivity contribution in [2.45, 2.75) is 12.1 Å². The minimum Gasteiger partial charge on any atom is -0.480 e. The van der Waals surface area contributed by atoms with Crippen molar-refractivity contribution in [3.8, 4) is 11.3 Å². The van der Waals surface area contributed by atoms with Crippen LogP contribution in [-0.4, -0.2) is 78.6 Å². The number of carboxylic acids is 1. The van der Waals surface area contributed by atoms with Crippen molar-refractivity contribution in [1.82, 2.24) is 14.5 Å². The molecule has 0 aliphatic carbocycles. The van der Waals surface area contributed by atoms with Crippen LogP contribution >= 0.6 is 36.4 Å². The molecule has 1 aromatic heterocycles. The van der Waals surface area contributed by atoms with Crippen LogP contribution < -0.4 is 5.56 Å². The van der Waals surface area contributed by atoms with E-state index in [-0.39, 0.29) is 35.6 Å². The number of piperazine rings is 1. The van der Waals surface area contributed by atoms with Gasteiger partial charge in [0.2, 0.25) is 0 Å². The zero-order valence-electron chi connectivity index (χ0n) is 16.7. The van der Waals surface area contributed by atoms with Crippen molar-refractivity contribution >= 4 is 42.4 Å². The van der Waals surface area contributed by atoms with E-state index in [0.29, 0.717) is 12.1 Å². The van der Waals surface area contributed by atoms with E-state index >= 15 is 0 Å². The predicted molar refractivity (Wildman–Crippen MR) is 119 cm³/mol. The van der Waals surface area contributed by atoms with Crippen LogP contribution in [0, 0.1) is 0 Å². The summed E-state index contributed by atoms with van der Waals surface area (Å²) in [5, 5.41) is 9.68. The standard InChI is InChI=1S/C19H24ClN3O5.2ClH/c1-21-8-10-22(11-9-21)12-14(27-2)16(19(25)26)23-18(24)15(20)17(28-23)13-6-4-3-5-7-13;;/h3-7,14,16H,8-12H2,1-2H3,(H,25,26);2*1H. The molecule has 1 aliphatic rings. The largest absolute Gasteiger partial charge is 0.480 e. The molecule has 1 saturated heterocycles. The second-order valence-electron chi connectivity index (χ2n) is 6.89. The van der Waals surface area contributed by atoms with Gasteiger partial charge in [-0.2, -0.15) is 4.74 Å². The van der Waals surface area contributed by atoms with Gasteiger partial charge in [-0.15, -0.1) is 24.8 Å². The molecule has 1 aromatic carbocycles. The van der Waals surface area contributed by atoms with Crippen LogP contribution in [0.25, 0.3) is 11.3 Å². The molecule has 2 atom stereocenters. The first-order valence-electron chi connectivity index (χ1n) is 9.05. The number of aliphatic carboxylic acids is 1. The number of aromatic nitrogens is 1. The zero-order chi connectivity index (χ0) is 20.3. The number of halogens is 3. The van der Waals surface area contributed by atoms with Crippen LogP contribution in [0.2, 0.25) is 5.02 Å². The van der Waals surface area contributed by atoms with E-state index < -0.39 is 23.7 Å². The summed E-state index contributed by atoms with van der Waals surface area (Å²) in [7, 11) is 3.48. The molecule has 0 amide bonds. The third-order valence-electron chi connectivity index (χ3n) is 5.01. The van der Waals surface area contributed by atoms with Crippen LogP contribution in [-0.2, 0) is 9.53 Å². The number of methoxy groups -OCH3 is 1. The van der Waals surface area contributed by atoms with E-state index in [0.717, 1.165) is 30.9 Å². The second kappa shape index (κ2) is 11.7. The molecular weight excluding hydrogens is 457 g/mol. The van der Waals surface area contributed by atoms with Crippen LogP contribution in [0.4, 0.5) is 0 Å². The molecule has 1 fully saturated rings. The normalized spacial score (nSPS) is 16.9. The van der Waals surface area contributed by atoms with Crippen LogP contribution in [0.5, 0.6) is 0 Å². The van der Waals surface area contributed by atoms with E-state index in [1.165, 1.54) is 7.11 Å². The Bertz CT molecular complexity index is 866. The fourth-order valence-corrected chi connectivity index (χ4v) is 3.55. The third kappa shape index (κ3) is 5.78. The number of carboxylic acid groups (broad SMARTS) is 1. The minimum atomic E-state index is -1.33. The third-order valence-corrected chi connectivity index (χ3v) is 5.34. The lowest BCUT2D eigenvalue weighted by atomic mass is 10.1. The average molecular weight is 483 g/mol. The van der Waals surface area contributed by atoms with E-state index in [1.807, 2.05) is 13.1 Å². The Morgan fingerprint density at radius 3 is 2.33 bits per heavy atom. The van der Waals surface area contributed by atoms with Gasteiger partial charge in [-0.1, -0.05) is 41.9 Å². The maximum Gasteiger partial charge on any atom is 0.332 e. The molecule has 0 saturated carbocycles. The summed E-state index contributed by atoms with van der Waals surface area (Å²) < 4.78 is 11.9. The highest BCUT2D eigenvalue weighted by molar-refractivity contribution is 6.32. The number of likely N-dealkylation sites (N-methyl/N-ethyl adjacent to an activating group) is 1. The number of ether oxygens (including phenoxy) is 1. The van der Waals surface area contributed by atoms with Gasteiger partial charge in [0.25, 0.3) is 0 Å². The van der Waals surface area contributed by atoms with Crippen LogP contribution in [0.3, 0.4) is 0 Å². The van der Waals surface area contributed by atoms with Crippen LogP contribution in [0.1, 0.15) is 6.04 Å². The lowest BCUT2D eigenvalue weighted by molar-refractivity contribution is -0.149. The number of hydrogen-bond donors (Lipinski definition) is 1. The molecule has 2 unspecified atom stereocenters. The van der Waals surface area contributed by atoms with E-state index in [4.69, 9.17) is 20.9 Å². The SMILES string of the molecule is COC(CN1CCN(C)CC1)C(C(=O)O)n1oc(-c2ccccc2)c(Cl)c1=O.Cl.Cl. The first kappa shape index (κ1) is 26.5. The summed E-state index contributed by atoms with van der Waals surface area (Å²) in [6.45, 7) is 3.74. The Hall–Kier alpha value is -1.55. The molecule has 3 rings (SSSR count). The van der Waals surface area contributed by atoms with Gasteiger partial charge in [-0.3, -0.25) is 9.69 Å². The quantitative estimate of drug-likeness (QED) is 0.648. The maximum atomic E-state index is 12.7. The molecule has 0 bridgehead atoms. The molecule has 30 heavy (non-hydrogen) atoms. The Morgan fingerprint density at radius 2 is 1.80 bits per heavy atom. The Labute approximate surface area is 192 Å². The topological polar surface area (TPSA) is 88.2 Å². The number of nitrogens with zero attached hydrogens (tertiary/aromatic N) is 3. The van der Waals surface area contributed by atoms with Crippen molar-refractivity contribution in [1.29, 1.82) is 0 Å². The monoisotopic (exact) mass is 481 g/mol. The highest BCUT2D eigenvalue weighted by atomic mass is 35.5. The Kier molecular flexibility index (Phi) is 10.4. The minimum absolute atomic E-state index is 0. The van der Waals surface area contributed by atoms with Gasteiger partial charge >= 0.3 is 11.5 Å². The molecular formula is C19H26Cl3N3O5. The molecule has 1 aliphatic heterocycles. The van der Waals surface area contributed by atoms with Gasteiger partial charge < -0.3 is 19.3 Å². The average Bonchev–Trinajstić information content (AvgIpc) is 2.98. The van der Waals surface area contributed by atoms with Gasteiger partial charge in [0.15, 0.2) is 16.8 Å². The van der Waals surface area contributed by atoms with Gasteiger partial charge in [0.1, 0.15) is 6.10 Å². The van der Waals surface area contributed by atoms with E-state index in [9.17, 15) is 14.7 Å². The first-order valence-corrected chi connectivity index (χ1v) is 9.43. The van der Waals surface area contributed by atoms with E-state index in [1.54, 1.807) is 24.3 Å². The smallest absolute Gasteiger partial charge is 0.332 e. The van der Waals surface area contributed by atoms with Gasteiger partial charge in [0, 0.05) is 45.4 Å². The van der Waals surface area contributed by atoms with Gasteiger partial charge in [-0.25, -0.2) is 4.79 Å². The highest BCUT2D eigenvalue weighted by Crippen LogP contribution is 2.28. The second-order valence-corrected chi connectivity index (χ2v) is 7.27. The number of hydrogen-bond acceptors (Lipinski definition) is 6. The Morgan fingerprint density at radius 1 is 1.20 bits per heavy atom. The number of benzene rings is 1. The molecule has 1 N–H and O–H groups in total. The lowest BCUT2D eigenvalue weighted by Crippen LogP contribution is -2.50. The maximum absolute atomic E-state index is 12.7. The molecule has 168 valence electrons. The fraction of sp³-hybridized carbons (Fsp3) is 0.474. The van der Waals surface area contributed by atoms with Crippen molar-refractivity contribution < 1.29 is 19.2 Å². The van der Waals surface area contributed by atoms with E-state index in [2.05, 4.69) is 9.80 Å². The molecule has 0 radical (unpaired) electrons. The summed E-state index contributed by atoms with van der Waals surface area (Å²) in [5.74, 6) is -1.07. The predicted octanol–water partition coefficient (Wildman–Crippen LogP) is 2.49. The summed E-state index contributed by atoms with van der Waals surface area (Å²) in [4.78, 5) is 29.0. The number of carbonyl (C=O) groups is 1. The lowest BCUT2D eigenvalue weighted by Gasteiger charge is -2.35. The molecule has 2 heterocycles. The summed E-state index contributed by atoms with van der Waals surface area (Å²) in [5.41, 5.74) is -0.0890.